The van der Waals surface area contributed by atoms with E-state index in [1.165, 1.54) is 11.1 Å². The van der Waals surface area contributed by atoms with Gasteiger partial charge in [-0.2, -0.15) is 0 Å². The van der Waals surface area contributed by atoms with Gasteiger partial charge in [0.05, 0.1) is 18.9 Å². The van der Waals surface area contributed by atoms with Crippen LogP contribution in [-0.2, 0) is 17.7 Å². The Bertz CT molecular complexity index is 1460. The maximum absolute atomic E-state index is 13.4. The molecule has 2 saturated heterocycles. The molecule has 6 rings (SSSR count). The van der Waals surface area contributed by atoms with Crippen LogP contribution in [0.25, 0.3) is 6.08 Å². The van der Waals surface area contributed by atoms with E-state index >= 15 is 0 Å². The maximum Gasteiger partial charge on any atom is 0.256 e. The molecule has 0 saturated carbocycles. The number of ether oxygens (including phenoxy) is 2. The number of allylic oxidation sites excluding steroid dienone is 1. The van der Waals surface area contributed by atoms with E-state index in [0.29, 0.717) is 24.5 Å². The van der Waals surface area contributed by atoms with Gasteiger partial charge < -0.3 is 24.6 Å². The van der Waals surface area contributed by atoms with Crippen molar-refractivity contribution in [3.8, 4) is 11.5 Å². The summed E-state index contributed by atoms with van der Waals surface area (Å²) in [7, 11) is 2.18. The van der Waals surface area contributed by atoms with E-state index in [1.807, 2.05) is 37.3 Å². The van der Waals surface area contributed by atoms with E-state index < -0.39 is 0 Å². The number of aryl methyl sites for hydroxylation is 2. The van der Waals surface area contributed by atoms with Crippen LogP contribution in [0.2, 0.25) is 0 Å². The average molecular weight is 554 g/mol. The van der Waals surface area contributed by atoms with Crippen molar-refractivity contribution in [2.24, 2.45) is 0 Å². The fourth-order valence-corrected chi connectivity index (χ4v) is 5.66. The third-order valence-electron chi connectivity index (χ3n) is 8.29. The second kappa shape index (κ2) is 12.0. The molecule has 3 aromatic rings. The van der Waals surface area contributed by atoms with Gasteiger partial charge in [-0.25, -0.2) is 4.98 Å². The zero-order valence-electron chi connectivity index (χ0n) is 24.3. The summed E-state index contributed by atoms with van der Waals surface area (Å²) >= 11 is 0. The molecule has 2 aromatic carbocycles. The molecular weight excluding hydrogens is 514 g/mol. The minimum atomic E-state index is -0.145. The number of morpholine rings is 1. The van der Waals surface area contributed by atoms with E-state index in [1.54, 1.807) is 0 Å². The quantitative estimate of drug-likeness (QED) is 0.447. The van der Waals surface area contributed by atoms with Gasteiger partial charge in [-0.05, 0) is 61.9 Å². The summed E-state index contributed by atoms with van der Waals surface area (Å²) in [6, 6.07) is 13.9. The van der Waals surface area contributed by atoms with Crippen molar-refractivity contribution in [3.05, 3.63) is 82.1 Å². The minimum Gasteiger partial charge on any atom is -0.457 e. The lowest BCUT2D eigenvalue weighted by Crippen LogP contribution is -2.43. The van der Waals surface area contributed by atoms with Crippen LogP contribution in [0.15, 0.2) is 48.5 Å². The molecule has 0 atom stereocenters. The predicted molar refractivity (Wildman–Crippen MR) is 163 cm³/mol. The minimum absolute atomic E-state index is 0.145. The number of piperazine rings is 1. The standard InChI is InChI=1S/C33H39N5O3/c1-23-7-10-27(41-31-21-32(38-15-17-40-18-16-38)35-30-6-4-5-28(30)31)20-29(23)33(39)34-26-9-8-25(24(2)19-26)22-37-13-11-36(3)12-14-37/h4-5,7-10,19-21H,6,11-18,22H2,1-3H3,(H,34,39). The first kappa shape index (κ1) is 27.4. The summed E-state index contributed by atoms with van der Waals surface area (Å²) in [5.74, 6) is 2.14. The molecule has 3 heterocycles. The molecule has 41 heavy (non-hydrogen) atoms. The molecule has 0 spiro atoms. The third-order valence-corrected chi connectivity index (χ3v) is 8.29. The summed E-state index contributed by atoms with van der Waals surface area (Å²) in [5.41, 5.74) is 6.79. The molecular formula is C33H39N5O3. The monoisotopic (exact) mass is 553 g/mol. The van der Waals surface area contributed by atoms with Gasteiger partial charge in [0, 0.05) is 75.1 Å². The number of amides is 1. The molecule has 1 aliphatic carbocycles. The van der Waals surface area contributed by atoms with Crippen LogP contribution in [0.4, 0.5) is 11.5 Å². The fourth-order valence-electron chi connectivity index (χ4n) is 5.66. The van der Waals surface area contributed by atoms with Crippen molar-refractivity contribution < 1.29 is 14.3 Å². The van der Waals surface area contributed by atoms with Gasteiger partial charge in [-0.1, -0.05) is 24.3 Å². The van der Waals surface area contributed by atoms with Gasteiger partial charge >= 0.3 is 0 Å². The first-order valence-corrected chi connectivity index (χ1v) is 14.6. The third kappa shape index (κ3) is 6.30. The zero-order chi connectivity index (χ0) is 28.3. The summed E-state index contributed by atoms with van der Waals surface area (Å²) in [5, 5.41) is 3.11. The van der Waals surface area contributed by atoms with Gasteiger partial charge in [0.2, 0.25) is 0 Å². The summed E-state index contributed by atoms with van der Waals surface area (Å²) in [4.78, 5) is 25.4. The van der Waals surface area contributed by atoms with Crippen LogP contribution in [0, 0.1) is 13.8 Å². The van der Waals surface area contributed by atoms with E-state index in [-0.39, 0.29) is 5.91 Å². The van der Waals surface area contributed by atoms with E-state index in [9.17, 15) is 4.79 Å². The number of hydrogen-bond acceptors (Lipinski definition) is 7. The number of anilines is 2. The number of nitrogens with one attached hydrogen (secondary N) is 1. The topological polar surface area (TPSA) is 70.2 Å². The van der Waals surface area contributed by atoms with Gasteiger partial charge in [-0.15, -0.1) is 0 Å². The second-order valence-electron chi connectivity index (χ2n) is 11.3. The molecule has 0 unspecified atom stereocenters. The highest BCUT2D eigenvalue weighted by Gasteiger charge is 2.21. The largest absolute Gasteiger partial charge is 0.457 e. The number of carbonyl (C=O) groups is 1. The number of nitrogens with zero attached hydrogens (tertiary/aromatic N) is 4. The van der Waals surface area contributed by atoms with Crippen LogP contribution in [0.3, 0.4) is 0 Å². The number of fused-ring (bicyclic) bond motifs is 1. The van der Waals surface area contributed by atoms with Gasteiger partial charge in [0.1, 0.15) is 17.3 Å². The lowest BCUT2D eigenvalue weighted by molar-refractivity contribution is 0.102. The smallest absolute Gasteiger partial charge is 0.256 e. The number of hydrogen-bond donors (Lipinski definition) is 1. The van der Waals surface area contributed by atoms with Crippen molar-refractivity contribution >= 4 is 23.5 Å². The van der Waals surface area contributed by atoms with Crippen LogP contribution in [0.5, 0.6) is 11.5 Å². The fraction of sp³-hybridized carbons (Fsp3) is 0.394. The summed E-state index contributed by atoms with van der Waals surface area (Å²) in [6.07, 6.45) is 4.97. The van der Waals surface area contributed by atoms with Gasteiger partial charge in [0.15, 0.2) is 0 Å². The Balaban J connectivity index is 1.17. The first-order valence-electron chi connectivity index (χ1n) is 14.6. The van der Waals surface area contributed by atoms with Crippen molar-refractivity contribution in [1.82, 2.24) is 14.8 Å². The summed E-state index contributed by atoms with van der Waals surface area (Å²) < 4.78 is 11.9. The molecule has 0 bridgehead atoms. The van der Waals surface area contributed by atoms with E-state index in [4.69, 9.17) is 14.5 Å². The van der Waals surface area contributed by atoms with E-state index in [0.717, 1.165) is 86.3 Å². The predicted octanol–water partition coefficient (Wildman–Crippen LogP) is 4.90. The molecule has 1 amide bonds. The number of pyridine rings is 1. The Morgan fingerprint density at radius 2 is 1.78 bits per heavy atom. The number of aromatic nitrogens is 1. The van der Waals surface area contributed by atoms with Crippen molar-refractivity contribution in [1.29, 1.82) is 0 Å². The highest BCUT2D eigenvalue weighted by atomic mass is 16.5. The molecule has 1 aromatic heterocycles. The molecule has 0 radical (unpaired) electrons. The van der Waals surface area contributed by atoms with Crippen molar-refractivity contribution in [2.75, 3.05) is 69.7 Å². The number of carbonyl (C=O) groups excluding carboxylic acids is 1. The Morgan fingerprint density at radius 3 is 2.56 bits per heavy atom. The Morgan fingerprint density at radius 1 is 0.976 bits per heavy atom. The first-order chi connectivity index (χ1) is 19.9. The molecule has 1 N–H and O–H groups in total. The lowest BCUT2D eigenvalue weighted by atomic mass is 10.1. The number of likely N-dealkylation sites (N-methyl/N-ethyl adjacent to an activating group) is 1. The average Bonchev–Trinajstić information content (AvgIpc) is 3.46. The van der Waals surface area contributed by atoms with Gasteiger partial charge in [-0.3, -0.25) is 9.69 Å². The Hall–Kier alpha value is -3.72. The molecule has 8 nitrogen and oxygen atoms in total. The molecule has 214 valence electrons. The molecule has 3 aliphatic rings. The van der Waals surface area contributed by atoms with Crippen LogP contribution >= 0.6 is 0 Å². The SMILES string of the molecule is Cc1cc(NC(=O)c2cc(Oc3cc(N4CCOCC4)nc4c3C=CC4)ccc2C)ccc1CN1CCN(C)CC1. The highest BCUT2D eigenvalue weighted by Crippen LogP contribution is 2.35. The second-order valence-corrected chi connectivity index (χ2v) is 11.3. The Kier molecular flexibility index (Phi) is 8.05. The molecule has 2 aliphatic heterocycles. The Labute approximate surface area is 242 Å². The van der Waals surface area contributed by atoms with Crippen molar-refractivity contribution in [2.45, 2.75) is 26.8 Å². The van der Waals surface area contributed by atoms with Crippen LogP contribution < -0.4 is 15.0 Å². The van der Waals surface area contributed by atoms with Gasteiger partial charge in [0.25, 0.3) is 5.91 Å². The maximum atomic E-state index is 13.4. The number of rotatable bonds is 7. The zero-order valence-corrected chi connectivity index (χ0v) is 24.3. The highest BCUT2D eigenvalue weighted by molar-refractivity contribution is 6.05. The number of benzene rings is 2. The molecule has 2 fully saturated rings. The van der Waals surface area contributed by atoms with E-state index in [2.05, 4.69) is 58.3 Å². The van der Waals surface area contributed by atoms with Crippen molar-refractivity contribution in [3.63, 3.8) is 0 Å². The van der Waals surface area contributed by atoms with Crippen LogP contribution in [-0.4, -0.2) is 80.2 Å². The van der Waals surface area contributed by atoms with Crippen LogP contribution in [0.1, 0.15) is 38.3 Å². The molecule has 8 heteroatoms. The summed E-state index contributed by atoms with van der Waals surface area (Å²) in [6.45, 7) is 12.4. The normalized spacial score (nSPS) is 17.5. The lowest BCUT2D eigenvalue weighted by Gasteiger charge is -2.32.